The van der Waals surface area contributed by atoms with Crippen molar-refractivity contribution in [3.8, 4) is 17.6 Å². The summed E-state index contributed by atoms with van der Waals surface area (Å²) in [6, 6.07) is 5.22. The van der Waals surface area contributed by atoms with Gasteiger partial charge in [-0.3, -0.25) is 4.79 Å². The van der Waals surface area contributed by atoms with Crippen LogP contribution in [0.2, 0.25) is 0 Å². The van der Waals surface area contributed by atoms with Crippen molar-refractivity contribution in [2.24, 2.45) is 0 Å². The summed E-state index contributed by atoms with van der Waals surface area (Å²) in [5.41, 5.74) is 0.599. The van der Waals surface area contributed by atoms with Crippen LogP contribution in [0.25, 0.3) is 0 Å². The molecule has 3 nitrogen and oxygen atoms in total. The number of hydrogen-bond donors (Lipinski definition) is 1. The first-order chi connectivity index (χ1) is 8.19. The minimum Gasteiger partial charge on any atom is -0.496 e. The molecule has 0 bridgehead atoms. The Hall–Kier alpha value is -1.47. The number of nitrogens with one attached hydrogen (secondary N) is 1. The van der Waals surface area contributed by atoms with Crippen molar-refractivity contribution in [2.45, 2.75) is 13.3 Å². The first-order valence-electron chi connectivity index (χ1n) is 5.20. The van der Waals surface area contributed by atoms with Gasteiger partial charge in [-0.2, -0.15) is 0 Å². The summed E-state index contributed by atoms with van der Waals surface area (Å²) in [5, 5.41) is 2.80. The fourth-order valence-corrected chi connectivity index (χ4v) is 1.81. The molecule has 1 aromatic rings. The van der Waals surface area contributed by atoms with Crippen molar-refractivity contribution in [1.29, 1.82) is 0 Å². The summed E-state index contributed by atoms with van der Waals surface area (Å²) in [6.07, 6.45) is 0.666. The minimum absolute atomic E-state index is 0.105. The van der Waals surface area contributed by atoms with Gasteiger partial charge in [0.05, 0.1) is 11.6 Å². The lowest BCUT2D eigenvalue weighted by Crippen LogP contribution is -2.24. The highest BCUT2D eigenvalue weighted by molar-refractivity contribution is 9.10. The van der Waals surface area contributed by atoms with Gasteiger partial charge in [0, 0.05) is 18.5 Å². The van der Waals surface area contributed by atoms with Crippen LogP contribution in [0.4, 0.5) is 0 Å². The van der Waals surface area contributed by atoms with Gasteiger partial charge in [0.15, 0.2) is 0 Å². The van der Waals surface area contributed by atoms with Gasteiger partial charge in [0.25, 0.3) is 5.91 Å². The van der Waals surface area contributed by atoms with Gasteiger partial charge in [-0.25, -0.2) is 0 Å². The number of halogens is 1. The number of methoxy groups -OCH3 is 1. The first-order valence-corrected chi connectivity index (χ1v) is 5.99. The Morgan fingerprint density at radius 2 is 2.29 bits per heavy atom. The number of rotatable bonds is 4. The van der Waals surface area contributed by atoms with Gasteiger partial charge in [0.1, 0.15) is 5.75 Å². The van der Waals surface area contributed by atoms with E-state index in [0.717, 1.165) is 4.47 Å². The number of carbonyl (C=O) groups excluding carboxylic acids is 1. The topological polar surface area (TPSA) is 38.3 Å². The Balaban J connectivity index is 2.62. The number of hydrogen-bond acceptors (Lipinski definition) is 2. The Morgan fingerprint density at radius 1 is 1.53 bits per heavy atom. The molecule has 0 saturated heterocycles. The molecule has 1 aromatic carbocycles. The van der Waals surface area contributed by atoms with Crippen molar-refractivity contribution in [3.05, 3.63) is 28.2 Å². The van der Waals surface area contributed by atoms with E-state index in [2.05, 4.69) is 33.1 Å². The Bertz CT molecular complexity index is 460. The molecule has 1 N–H and O–H groups in total. The van der Waals surface area contributed by atoms with Gasteiger partial charge in [0.2, 0.25) is 0 Å². The third-order valence-electron chi connectivity index (χ3n) is 2.13. The second-order valence-electron chi connectivity index (χ2n) is 3.28. The Kier molecular flexibility index (Phi) is 5.58. The maximum atomic E-state index is 11.7. The molecule has 0 aromatic heterocycles. The third-order valence-corrected chi connectivity index (χ3v) is 2.75. The maximum Gasteiger partial charge on any atom is 0.251 e. The molecule has 0 radical (unpaired) electrons. The first kappa shape index (κ1) is 13.6. The number of ether oxygens (including phenoxy) is 1. The SMILES string of the molecule is CC#CCCNC(=O)c1ccc(OC)c(Br)c1. The predicted octanol–water partition coefficient (Wildman–Crippen LogP) is 2.60. The lowest BCUT2D eigenvalue weighted by atomic mass is 10.2. The molecule has 17 heavy (non-hydrogen) atoms. The smallest absolute Gasteiger partial charge is 0.251 e. The quantitative estimate of drug-likeness (QED) is 0.685. The molecule has 0 atom stereocenters. The van der Waals surface area contributed by atoms with Gasteiger partial charge in [-0.05, 0) is 41.1 Å². The average molecular weight is 296 g/mol. The summed E-state index contributed by atoms with van der Waals surface area (Å²) in [7, 11) is 1.59. The molecule has 90 valence electrons. The third kappa shape index (κ3) is 4.12. The standard InChI is InChI=1S/C13H14BrNO2/c1-3-4-5-8-15-13(16)10-6-7-12(17-2)11(14)9-10/h6-7,9H,5,8H2,1-2H3,(H,15,16). The van der Waals surface area contributed by atoms with Crippen molar-refractivity contribution >= 4 is 21.8 Å². The van der Waals surface area contributed by atoms with Gasteiger partial charge >= 0.3 is 0 Å². The molecule has 0 heterocycles. The summed E-state index contributed by atoms with van der Waals surface area (Å²) >= 11 is 3.34. The zero-order chi connectivity index (χ0) is 12.7. The number of amides is 1. The molecule has 0 aliphatic heterocycles. The Labute approximate surface area is 110 Å². The number of benzene rings is 1. The largest absolute Gasteiger partial charge is 0.496 e. The van der Waals surface area contributed by atoms with E-state index in [9.17, 15) is 4.79 Å². The van der Waals surface area contributed by atoms with Crippen molar-refractivity contribution in [2.75, 3.05) is 13.7 Å². The molecule has 1 amide bonds. The van der Waals surface area contributed by atoms with E-state index in [0.29, 0.717) is 24.3 Å². The van der Waals surface area contributed by atoms with Crippen LogP contribution in [-0.4, -0.2) is 19.6 Å². The summed E-state index contributed by atoms with van der Waals surface area (Å²) in [6.45, 7) is 2.34. The summed E-state index contributed by atoms with van der Waals surface area (Å²) in [5.74, 6) is 6.27. The molecule has 0 spiro atoms. The van der Waals surface area contributed by atoms with E-state index in [1.54, 1.807) is 32.2 Å². The van der Waals surface area contributed by atoms with E-state index in [1.165, 1.54) is 0 Å². The van der Waals surface area contributed by atoms with Crippen LogP contribution in [0.3, 0.4) is 0 Å². The van der Waals surface area contributed by atoms with Crippen LogP contribution in [0.1, 0.15) is 23.7 Å². The van der Waals surface area contributed by atoms with Gasteiger partial charge in [-0.15, -0.1) is 11.8 Å². The average Bonchev–Trinajstić information content (AvgIpc) is 2.34. The fourth-order valence-electron chi connectivity index (χ4n) is 1.27. The minimum atomic E-state index is -0.105. The van der Waals surface area contributed by atoms with Crippen LogP contribution >= 0.6 is 15.9 Å². The molecule has 0 aliphatic carbocycles. The molecular formula is C13H14BrNO2. The lowest BCUT2D eigenvalue weighted by Gasteiger charge is -2.06. The normalized spacial score (nSPS) is 9.12. The van der Waals surface area contributed by atoms with Gasteiger partial charge in [-0.1, -0.05) is 0 Å². The molecular weight excluding hydrogens is 282 g/mol. The predicted molar refractivity (Wildman–Crippen MR) is 71.1 cm³/mol. The maximum absolute atomic E-state index is 11.7. The second kappa shape index (κ2) is 6.97. The van der Waals surface area contributed by atoms with Crippen LogP contribution in [0.5, 0.6) is 5.75 Å². The van der Waals surface area contributed by atoms with Crippen molar-refractivity contribution < 1.29 is 9.53 Å². The fraction of sp³-hybridized carbons (Fsp3) is 0.308. The monoisotopic (exact) mass is 295 g/mol. The molecule has 0 unspecified atom stereocenters. The van der Waals surface area contributed by atoms with E-state index in [1.807, 2.05) is 0 Å². The van der Waals surface area contributed by atoms with Crippen LogP contribution in [0.15, 0.2) is 22.7 Å². The van der Waals surface area contributed by atoms with Crippen LogP contribution in [-0.2, 0) is 0 Å². The van der Waals surface area contributed by atoms with E-state index in [4.69, 9.17) is 4.74 Å². The van der Waals surface area contributed by atoms with E-state index in [-0.39, 0.29) is 5.91 Å². The molecule has 0 saturated carbocycles. The zero-order valence-electron chi connectivity index (χ0n) is 9.84. The Morgan fingerprint density at radius 3 is 2.88 bits per heavy atom. The lowest BCUT2D eigenvalue weighted by molar-refractivity contribution is 0.0954. The van der Waals surface area contributed by atoms with Gasteiger partial charge < -0.3 is 10.1 Å². The zero-order valence-corrected chi connectivity index (χ0v) is 11.4. The second-order valence-corrected chi connectivity index (χ2v) is 4.14. The van der Waals surface area contributed by atoms with Crippen molar-refractivity contribution in [3.63, 3.8) is 0 Å². The molecule has 0 fully saturated rings. The molecule has 1 rings (SSSR count). The van der Waals surface area contributed by atoms with E-state index >= 15 is 0 Å². The highest BCUT2D eigenvalue weighted by Crippen LogP contribution is 2.25. The van der Waals surface area contributed by atoms with Crippen LogP contribution in [0, 0.1) is 11.8 Å². The number of carbonyl (C=O) groups is 1. The van der Waals surface area contributed by atoms with E-state index < -0.39 is 0 Å². The highest BCUT2D eigenvalue weighted by Gasteiger charge is 2.07. The summed E-state index contributed by atoms with van der Waals surface area (Å²) in [4.78, 5) is 11.7. The summed E-state index contributed by atoms with van der Waals surface area (Å²) < 4.78 is 5.86. The van der Waals surface area contributed by atoms with Crippen molar-refractivity contribution in [1.82, 2.24) is 5.32 Å². The molecule has 4 heteroatoms. The molecule has 0 aliphatic rings. The van der Waals surface area contributed by atoms with Crippen LogP contribution < -0.4 is 10.1 Å². The highest BCUT2D eigenvalue weighted by atomic mass is 79.9.